The van der Waals surface area contributed by atoms with Crippen LogP contribution in [0.1, 0.15) is 24.3 Å². The highest BCUT2D eigenvalue weighted by Gasteiger charge is 2.16. The molecule has 0 saturated carbocycles. The summed E-state index contributed by atoms with van der Waals surface area (Å²) in [6.45, 7) is 0.414. The minimum absolute atomic E-state index is 0.0824. The van der Waals surface area contributed by atoms with E-state index in [9.17, 15) is 13.5 Å². The van der Waals surface area contributed by atoms with Gasteiger partial charge in [-0.3, -0.25) is 0 Å². The van der Waals surface area contributed by atoms with Crippen LogP contribution in [-0.4, -0.2) is 26.7 Å². The van der Waals surface area contributed by atoms with Crippen LogP contribution in [0.3, 0.4) is 0 Å². The van der Waals surface area contributed by atoms with Crippen LogP contribution in [0.2, 0.25) is 0 Å². The third-order valence-electron chi connectivity index (χ3n) is 3.66. The second kappa shape index (κ2) is 8.59. The lowest BCUT2D eigenvalue weighted by molar-refractivity contribution is 0.273. The van der Waals surface area contributed by atoms with Crippen molar-refractivity contribution in [2.75, 3.05) is 13.2 Å². The maximum absolute atomic E-state index is 12.2. The van der Waals surface area contributed by atoms with Gasteiger partial charge in [0.1, 0.15) is 0 Å². The van der Waals surface area contributed by atoms with Gasteiger partial charge >= 0.3 is 0 Å². The van der Waals surface area contributed by atoms with Gasteiger partial charge in [-0.1, -0.05) is 46.3 Å². The monoisotopic (exact) mass is 397 g/mol. The highest BCUT2D eigenvalue weighted by Crippen LogP contribution is 2.23. The lowest BCUT2D eigenvalue weighted by atomic mass is 9.93. The third-order valence-corrected chi connectivity index (χ3v) is 5.66. The molecule has 0 aliphatic rings. The molecule has 4 nitrogen and oxygen atoms in total. The number of nitrogens with one attached hydrogen (secondary N) is 1. The van der Waals surface area contributed by atoms with Crippen LogP contribution in [-0.2, 0) is 10.0 Å². The summed E-state index contributed by atoms with van der Waals surface area (Å²) in [6.07, 6.45) is 1.25. The Hall–Kier alpha value is -1.21. The number of halogens is 1. The molecule has 0 radical (unpaired) electrons. The first-order valence-corrected chi connectivity index (χ1v) is 9.71. The fraction of sp³-hybridized carbons (Fsp3) is 0.294. The molecule has 1 atom stereocenters. The molecule has 23 heavy (non-hydrogen) atoms. The minimum Gasteiger partial charge on any atom is -0.396 e. The number of hydrogen-bond acceptors (Lipinski definition) is 3. The molecular weight excluding hydrogens is 378 g/mol. The first kappa shape index (κ1) is 18.1. The van der Waals surface area contributed by atoms with Crippen molar-refractivity contribution in [3.63, 3.8) is 0 Å². The number of benzene rings is 2. The van der Waals surface area contributed by atoms with E-state index in [2.05, 4.69) is 20.7 Å². The van der Waals surface area contributed by atoms with Crippen molar-refractivity contribution < 1.29 is 13.5 Å². The topological polar surface area (TPSA) is 66.4 Å². The Balaban J connectivity index is 1.97. The van der Waals surface area contributed by atoms with Crippen LogP contribution >= 0.6 is 15.9 Å². The predicted octanol–water partition coefficient (Wildman–Crippen LogP) is 3.28. The van der Waals surface area contributed by atoms with Crippen molar-refractivity contribution in [2.24, 2.45) is 0 Å². The maximum Gasteiger partial charge on any atom is 0.240 e. The molecule has 2 aromatic rings. The Morgan fingerprint density at radius 3 is 2.26 bits per heavy atom. The third kappa shape index (κ3) is 5.42. The van der Waals surface area contributed by atoms with E-state index in [1.165, 1.54) is 0 Å². The Kier molecular flexibility index (Phi) is 6.77. The van der Waals surface area contributed by atoms with E-state index in [0.29, 0.717) is 19.4 Å². The summed E-state index contributed by atoms with van der Waals surface area (Å²) in [5, 5.41) is 9.22. The smallest absolute Gasteiger partial charge is 0.240 e. The van der Waals surface area contributed by atoms with Gasteiger partial charge in [0.2, 0.25) is 10.0 Å². The molecule has 2 N–H and O–H groups in total. The molecule has 0 spiro atoms. The molecule has 0 fully saturated rings. The van der Waals surface area contributed by atoms with Gasteiger partial charge < -0.3 is 5.11 Å². The standard InChI is InChI=1S/C17H20BrNO3S/c18-16-6-8-17(9-7-16)23(21,22)19-12-10-15(11-13-20)14-4-2-1-3-5-14/h1-9,15,19-20H,10-13H2. The predicted molar refractivity (Wildman–Crippen MR) is 94.8 cm³/mol. The highest BCUT2D eigenvalue weighted by atomic mass is 79.9. The maximum atomic E-state index is 12.2. The average molecular weight is 398 g/mol. The van der Waals surface area contributed by atoms with E-state index in [0.717, 1.165) is 10.0 Å². The molecule has 0 amide bonds. The molecule has 2 rings (SSSR count). The van der Waals surface area contributed by atoms with Gasteiger partial charge in [-0.05, 0) is 48.6 Å². The van der Waals surface area contributed by atoms with Gasteiger partial charge in [-0.2, -0.15) is 0 Å². The van der Waals surface area contributed by atoms with Crippen LogP contribution in [0.4, 0.5) is 0 Å². The fourth-order valence-electron chi connectivity index (χ4n) is 2.42. The summed E-state index contributed by atoms with van der Waals surface area (Å²) in [5.74, 6) is 0.133. The number of aliphatic hydroxyl groups is 1. The van der Waals surface area contributed by atoms with Gasteiger partial charge in [0.05, 0.1) is 4.90 Å². The Morgan fingerprint density at radius 1 is 1.00 bits per heavy atom. The number of rotatable bonds is 8. The lowest BCUT2D eigenvalue weighted by Crippen LogP contribution is -2.26. The van der Waals surface area contributed by atoms with E-state index < -0.39 is 10.0 Å². The first-order chi connectivity index (χ1) is 11.0. The van der Waals surface area contributed by atoms with Gasteiger partial charge in [-0.15, -0.1) is 0 Å². The van der Waals surface area contributed by atoms with Crippen LogP contribution in [0.15, 0.2) is 64.0 Å². The van der Waals surface area contributed by atoms with E-state index in [4.69, 9.17) is 0 Å². The number of hydrogen-bond donors (Lipinski definition) is 2. The van der Waals surface area contributed by atoms with Gasteiger partial charge in [-0.25, -0.2) is 13.1 Å². The van der Waals surface area contributed by atoms with Crippen LogP contribution in [0.5, 0.6) is 0 Å². The van der Waals surface area contributed by atoms with E-state index in [-0.39, 0.29) is 17.4 Å². The zero-order valence-corrected chi connectivity index (χ0v) is 15.1. The zero-order chi connectivity index (χ0) is 16.7. The molecule has 2 aromatic carbocycles. The van der Waals surface area contributed by atoms with E-state index in [1.54, 1.807) is 24.3 Å². The van der Waals surface area contributed by atoms with Crippen molar-refractivity contribution in [2.45, 2.75) is 23.7 Å². The van der Waals surface area contributed by atoms with Gasteiger partial charge in [0.25, 0.3) is 0 Å². The quantitative estimate of drug-likeness (QED) is 0.717. The normalized spacial score (nSPS) is 13.0. The Labute approximate surface area is 145 Å². The molecule has 1 unspecified atom stereocenters. The van der Waals surface area contributed by atoms with Crippen molar-refractivity contribution in [3.8, 4) is 0 Å². The summed E-state index contributed by atoms with van der Waals surface area (Å²) in [6, 6.07) is 16.4. The van der Waals surface area contributed by atoms with E-state index >= 15 is 0 Å². The average Bonchev–Trinajstić information content (AvgIpc) is 2.55. The van der Waals surface area contributed by atoms with E-state index in [1.807, 2.05) is 30.3 Å². The molecule has 124 valence electrons. The van der Waals surface area contributed by atoms with Crippen molar-refractivity contribution >= 4 is 26.0 Å². The molecule has 6 heteroatoms. The Bertz CT molecular complexity index is 702. The summed E-state index contributed by atoms with van der Waals surface area (Å²) >= 11 is 3.29. The summed E-state index contributed by atoms with van der Waals surface area (Å²) < 4.78 is 28.0. The fourth-order valence-corrected chi connectivity index (χ4v) is 3.74. The SMILES string of the molecule is O=S(=O)(NCCC(CCO)c1ccccc1)c1ccc(Br)cc1. The second-order valence-corrected chi connectivity index (χ2v) is 7.94. The van der Waals surface area contributed by atoms with Crippen molar-refractivity contribution in [1.29, 1.82) is 0 Å². The van der Waals surface area contributed by atoms with Crippen LogP contribution in [0, 0.1) is 0 Å². The lowest BCUT2D eigenvalue weighted by Gasteiger charge is -2.16. The molecule has 0 bridgehead atoms. The molecular formula is C17H20BrNO3S. The molecule has 0 saturated heterocycles. The first-order valence-electron chi connectivity index (χ1n) is 7.44. The molecule has 0 aliphatic carbocycles. The van der Waals surface area contributed by atoms with Crippen molar-refractivity contribution in [1.82, 2.24) is 4.72 Å². The summed E-state index contributed by atoms with van der Waals surface area (Å²) in [4.78, 5) is 0.249. The van der Waals surface area contributed by atoms with Gasteiger partial charge in [0.15, 0.2) is 0 Å². The molecule has 0 heterocycles. The second-order valence-electron chi connectivity index (χ2n) is 5.26. The summed E-state index contributed by atoms with van der Waals surface area (Å²) in [7, 11) is -3.50. The minimum atomic E-state index is -3.50. The van der Waals surface area contributed by atoms with Crippen LogP contribution < -0.4 is 4.72 Å². The van der Waals surface area contributed by atoms with Crippen molar-refractivity contribution in [3.05, 3.63) is 64.6 Å². The number of aliphatic hydroxyl groups excluding tert-OH is 1. The molecule has 0 aliphatic heterocycles. The zero-order valence-electron chi connectivity index (χ0n) is 12.7. The highest BCUT2D eigenvalue weighted by molar-refractivity contribution is 9.10. The largest absolute Gasteiger partial charge is 0.396 e. The summed E-state index contributed by atoms with van der Waals surface area (Å²) in [5.41, 5.74) is 1.12. The number of sulfonamides is 1. The van der Waals surface area contributed by atoms with Gasteiger partial charge in [0, 0.05) is 17.6 Å². The van der Waals surface area contributed by atoms with Crippen LogP contribution in [0.25, 0.3) is 0 Å². The Morgan fingerprint density at radius 2 is 1.65 bits per heavy atom. The molecule has 0 aromatic heterocycles.